The smallest absolute Gasteiger partial charge is 0.274 e. The van der Waals surface area contributed by atoms with Crippen molar-refractivity contribution in [1.82, 2.24) is 25.1 Å². The van der Waals surface area contributed by atoms with Gasteiger partial charge in [0.2, 0.25) is 5.91 Å². The van der Waals surface area contributed by atoms with Crippen LogP contribution in [0.25, 0.3) is 0 Å². The lowest BCUT2D eigenvalue weighted by atomic mass is 9.93. The van der Waals surface area contributed by atoms with Crippen molar-refractivity contribution in [2.75, 3.05) is 0 Å². The third-order valence-corrected chi connectivity index (χ3v) is 6.97. The summed E-state index contributed by atoms with van der Waals surface area (Å²) in [5.74, 6) is -1.47. The fourth-order valence-electron chi connectivity index (χ4n) is 5.03. The maximum atomic E-state index is 13.9. The molecule has 8 nitrogen and oxygen atoms in total. The second-order valence-electron chi connectivity index (χ2n) is 9.48. The number of hydrogen-bond donors (Lipinski definition) is 2. The number of hydrogen-bond acceptors (Lipinski definition) is 4. The Balaban J connectivity index is 1.39. The SMILES string of the molecule is C[C@]1(C(=O)NC2CCCC2)Cn2cnc(C(=O)NCc3ccccc3F)c2C(=O)N1C1CC1. The van der Waals surface area contributed by atoms with Crippen LogP contribution in [0.2, 0.25) is 0 Å². The molecule has 2 N–H and O–H groups in total. The largest absolute Gasteiger partial charge is 0.351 e. The number of carbonyl (C=O) groups is 3. The molecular weight excluding hydrogens is 425 g/mol. The lowest BCUT2D eigenvalue weighted by Gasteiger charge is -2.44. The molecule has 3 aliphatic rings. The molecule has 0 radical (unpaired) electrons. The average molecular weight is 454 g/mol. The lowest BCUT2D eigenvalue weighted by Crippen LogP contribution is -2.65. The first-order valence-electron chi connectivity index (χ1n) is 11.6. The Morgan fingerprint density at radius 3 is 2.61 bits per heavy atom. The zero-order chi connectivity index (χ0) is 23.2. The van der Waals surface area contributed by atoms with Crippen LogP contribution in [0, 0.1) is 5.82 Å². The average Bonchev–Trinajstić information content (AvgIpc) is 3.30. The number of nitrogens with one attached hydrogen (secondary N) is 2. The van der Waals surface area contributed by atoms with E-state index in [2.05, 4.69) is 15.6 Å². The van der Waals surface area contributed by atoms with Crippen molar-refractivity contribution >= 4 is 17.7 Å². The number of amides is 3. The zero-order valence-corrected chi connectivity index (χ0v) is 18.6. The minimum absolute atomic E-state index is 0.000223. The fraction of sp³-hybridized carbons (Fsp3) is 0.500. The van der Waals surface area contributed by atoms with Gasteiger partial charge in [0.05, 0.1) is 12.9 Å². The molecule has 2 fully saturated rings. The van der Waals surface area contributed by atoms with Crippen molar-refractivity contribution in [3.8, 4) is 0 Å². The number of fused-ring (bicyclic) bond motifs is 1. The van der Waals surface area contributed by atoms with E-state index in [4.69, 9.17) is 0 Å². The molecule has 0 saturated heterocycles. The third kappa shape index (κ3) is 3.89. The molecular formula is C24H28FN5O3. The summed E-state index contributed by atoms with van der Waals surface area (Å²) < 4.78 is 15.5. The van der Waals surface area contributed by atoms with Gasteiger partial charge < -0.3 is 20.1 Å². The van der Waals surface area contributed by atoms with Crippen LogP contribution >= 0.6 is 0 Å². The molecule has 174 valence electrons. The first-order valence-corrected chi connectivity index (χ1v) is 11.6. The van der Waals surface area contributed by atoms with E-state index in [9.17, 15) is 18.8 Å². The summed E-state index contributed by atoms with van der Waals surface area (Å²) in [7, 11) is 0. The maximum Gasteiger partial charge on any atom is 0.274 e. The molecule has 1 aliphatic heterocycles. The van der Waals surface area contributed by atoms with E-state index in [-0.39, 0.29) is 48.4 Å². The highest BCUT2D eigenvalue weighted by molar-refractivity contribution is 6.07. The van der Waals surface area contributed by atoms with Gasteiger partial charge in [-0.1, -0.05) is 31.0 Å². The summed E-state index contributed by atoms with van der Waals surface area (Å²) in [6.07, 6.45) is 7.23. The summed E-state index contributed by atoms with van der Waals surface area (Å²) >= 11 is 0. The molecule has 2 aliphatic carbocycles. The number of carbonyl (C=O) groups excluding carboxylic acids is 3. The molecule has 0 unspecified atom stereocenters. The molecule has 1 aromatic carbocycles. The standard InChI is InChI=1S/C24H28FN5O3/c1-24(23(33)28-16-7-3-4-8-16)13-29-14-27-19(20(29)22(32)30(24)17-10-11-17)21(31)26-12-15-6-2-5-9-18(15)25/h2,5-6,9,14,16-17H,3-4,7-8,10-13H2,1H3,(H,26,31)(H,28,33)/t24-/m1/s1. The minimum atomic E-state index is -1.05. The number of nitrogens with zero attached hydrogens (tertiary/aromatic N) is 3. The highest BCUT2D eigenvalue weighted by Crippen LogP contribution is 2.39. The summed E-state index contributed by atoms with van der Waals surface area (Å²) in [5.41, 5.74) is -0.518. The van der Waals surface area contributed by atoms with E-state index in [0.29, 0.717) is 5.56 Å². The predicted octanol–water partition coefficient (Wildman–Crippen LogP) is 2.39. The van der Waals surface area contributed by atoms with Gasteiger partial charge in [-0.25, -0.2) is 9.37 Å². The molecule has 3 amide bonds. The van der Waals surface area contributed by atoms with E-state index in [0.717, 1.165) is 38.5 Å². The van der Waals surface area contributed by atoms with Gasteiger partial charge in [-0.3, -0.25) is 14.4 Å². The monoisotopic (exact) mass is 453 g/mol. The quantitative estimate of drug-likeness (QED) is 0.702. The molecule has 9 heteroatoms. The van der Waals surface area contributed by atoms with Crippen LogP contribution in [0.4, 0.5) is 4.39 Å². The predicted molar refractivity (Wildman–Crippen MR) is 118 cm³/mol. The summed E-state index contributed by atoms with van der Waals surface area (Å²) in [5, 5.41) is 5.80. The van der Waals surface area contributed by atoms with E-state index >= 15 is 0 Å². The van der Waals surface area contributed by atoms with Gasteiger partial charge in [-0.2, -0.15) is 0 Å². The fourth-order valence-corrected chi connectivity index (χ4v) is 5.03. The molecule has 33 heavy (non-hydrogen) atoms. The summed E-state index contributed by atoms with van der Waals surface area (Å²) in [6, 6.07) is 6.32. The molecule has 0 spiro atoms. The Labute approximate surface area is 191 Å². The third-order valence-electron chi connectivity index (χ3n) is 6.97. The van der Waals surface area contributed by atoms with Crippen LogP contribution < -0.4 is 10.6 Å². The molecule has 0 bridgehead atoms. The molecule has 2 saturated carbocycles. The van der Waals surface area contributed by atoms with Gasteiger partial charge in [-0.05, 0) is 38.7 Å². The van der Waals surface area contributed by atoms with Crippen molar-refractivity contribution in [1.29, 1.82) is 0 Å². The van der Waals surface area contributed by atoms with Crippen LogP contribution in [0.15, 0.2) is 30.6 Å². The first-order chi connectivity index (χ1) is 15.9. The molecule has 1 atom stereocenters. The maximum absolute atomic E-state index is 13.9. The first kappa shape index (κ1) is 21.6. The van der Waals surface area contributed by atoms with Crippen molar-refractivity contribution in [2.45, 2.75) is 76.2 Å². The minimum Gasteiger partial charge on any atom is -0.351 e. The van der Waals surface area contributed by atoms with Gasteiger partial charge in [-0.15, -0.1) is 0 Å². The molecule has 5 rings (SSSR count). The van der Waals surface area contributed by atoms with Crippen molar-refractivity contribution in [3.63, 3.8) is 0 Å². The van der Waals surface area contributed by atoms with Crippen LogP contribution in [0.3, 0.4) is 0 Å². The van der Waals surface area contributed by atoms with Gasteiger partial charge in [0.15, 0.2) is 5.69 Å². The summed E-state index contributed by atoms with van der Waals surface area (Å²) in [6.45, 7) is 2.02. The number of imidazole rings is 1. The number of rotatable bonds is 6. The van der Waals surface area contributed by atoms with E-state index in [1.54, 1.807) is 34.6 Å². The lowest BCUT2D eigenvalue weighted by molar-refractivity contribution is -0.134. The van der Waals surface area contributed by atoms with Crippen LogP contribution in [-0.2, 0) is 17.9 Å². The van der Waals surface area contributed by atoms with Gasteiger partial charge >= 0.3 is 0 Å². The second kappa shape index (κ2) is 8.28. The van der Waals surface area contributed by atoms with E-state index in [1.807, 2.05) is 0 Å². The van der Waals surface area contributed by atoms with Crippen LogP contribution in [0.1, 0.15) is 72.0 Å². The van der Waals surface area contributed by atoms with Crippen molar-refractivity contribution in [2.24, 2.45) is 0 Å². The van der Waals surface area contributed by atoms with Crippen molar-refractivity contribution in [3.05, 3.63) is 53.4 Å². The second-order valence-corrected chi connectivity index (χ2v) is 9.48. The van der Waals surface area contributed by atoms with Crippen LogP contribution in [0.5, 0.6) is 0 Å². The number of aromatic nitrogens is 2. The Morgan fingerprint density at radius 2 is 1.91 bits per heavy atom. The Hall–Kier alpha value is -3.23. The van der Waals surface area contributed by atoms with Crippen molar-refractivity contribution < 1.29 is 18.8 Å². The summed E-state index contributed by atoms with van der Waals surface area (Å²) in [4.78, 5) is 45.7. The highest BCUT2D eigenvalue weighted by atomic mass is 19.1. The van der Waals surface area contributed by atoms with Gasteiger partial charge in [0.25, 0.3) is 11.8 Å². The van der Waals surface area contributed by atoms with Gasteiger partial charge in [0.1, 0.15) is 17.1 Å². The normalized spacial score (nSPS) is 22.8. The number of halogens is 1. The van der Waals surface area contributed by atoms with E-state index in [1.165, 1.54) is 12.4 Å². The molecule has 2 aromatic rings. The highest BCUT2D eigenvalue weighted by Gasteiger charge is 2.54. The molecule has 2 heterocycles. The van der Waals surface area contributed by atoms with Crippen LogP contribution in [-0.4, -0.2) is 49.8 Å². The number of benzene rings is 1. The van der Waals surface area contributed by atoms with E-state index < -0.39 is 17.3 Å². The zero-order valence-electron chi connectivity index (χ0n) is 18.6. The molecule has 1 aromatic heterocycles. The topological polar surface area (TPSA) is 96.3 Å². The Bertz CT molecular complexity index is 1110. The Morgan fingerprint density at radius 1 is 1.18 bits per heavy atom. The van der Waals surface area contributed by atoms with Gasteiger partial charge in [0, 0.05) is 24.2 Å². The Kier molecular flexibility index (Phi) is 5.42.